The van der Waals surface area contributed by atoms with E-state index in [0.717, 1.165) is 18.2 Å². The summed E-state index contributed by atoms with van der Waals surface area (Å²) in [4.78, 5) is 17.8. The number of rotatable bonds is 6. The van der Waals surface area contributed by atoms with Gasteiger partial charge in [-0.3, -0.25) is 14.5 Å². The van der Waals surface area contributed by atoms with E-state index in [1.165, 1.54) is 54.0 Å². The highest BCUT2D eigenvalue weighted by atomic mass is 32.2. The fourth-order valence-electron chi connectivity index (χ4n) is 4.34. The molecule has 2 heterocycles. The van der Waals surface area contributed by atoms with E-state index in [0.29, 0.717) is 5.56 Å². The highest BCUT2D eigenvalue weighted by Gasteiger charge is 2.32. The summed E-state index contributed by atoms with van der Waals surface area (Å²) in [5.74, 6) is -2.79. The number of pyridine rings is 1. The number of benzene rings is 3. The van der Waals surface area contributed by atoms with Gasteiger partial charge in [0.05, 0.1) is 39.9 Å². The van der Waals surface area contributed by atoms with Crippen LogP contribution in [0.2, 0.25) is 0 Å². The second kappa shape index (κ2) is 9.58. The highest BCUT2D eigenvalue weighted by Crippen LogP contribution is 2.36. The number of nitrogens with zero attached hydrogens (tertiary/aromatic N) is 2. The Morgan fingerprint density at radius 3 is 2.41 bits per heavy atom. The van der Waals surface area contributed by atoms with Gasteiger partial charge in [-0.05, 0) is 61.0 Å². The van der Waals surface area contributed by atoms with Gasteiger partial charge in [0.25, 0.3) is 5.56 Å². The Hall–Kier alpha value is -4.10. The number of aromatic nitrogens is 1. The number of hydrogen-bond acceptors (Lipinski definition) is 7. The number of fused-ring (bicyclic) bond motifs is 2. The van der Waals surface area contributed by atoms with Crippen LogP contribution in [0.4, 0.5) is 20.2 Å². The van der Waals surface area contributed by atoms with Crippen molar-refractivity contribution in [2.75, 3.05) is 16.2 Å². The first-order valence-corrected chi connectivity index (χ1v) is 14.9. The van der Waals surface area contributed by atoms with Crippen molar-refractivity contribution in [1.29, 1.82) is 0 Å². The third-order valence-electron chi connectivity index (χ3n) is 6.27. The van der Waals surface area contributed by atoms with Crippen LogP contribution < -0.4 is 10.3 Å². The number of halogens is 2. The molecule has 0 fully saturated rings. The minimum atomic E-state index is -4.14. The lowest BCUT2D eigenvalue weighted by atomic mass is 10.1. The summed E-state index contributed by atoms with van der Waals surface area (Å²) in [6, 6.07) is 12.6. The molecule has 9 nitrogen and oxygen atoms in total. The predicted octanol–water partition coefficient (Wildman–Crippen LogP) is 3.70. The molecule has 0 spiro atoms. The molecule has 0 amide bonds. The van der Waals surface area contributed by atoms with Gasteiger partial charge in [-0.1, -0.05) is 12.1 Å². The number of aromatic hydroxyl groups is 1. The maximum atomic E-state index is 14.2. The van der Waals surface area contributed by atoms with Crippen LogP contribution in [-0.2, 0) is 26.4 Å². The van der Waals surface area contributed by atoms with Gasteiger partial charge in [0.2, 0.25) is 10.0 Å². The standard InChI is InChI=1S/C26H21F2N3O6S2/c1-2-39(36,37)30-18-8-9-20-23(12-18)38(34,35)14-21(29-20)24-25(32)19-11-17(28)7-10-22(19)31(26(24)33)13-15-3-5-16(27)6-4-15/h3-12,30,32H,2,13-14H2,1H3. The molecule has 0 bridgehead atoms. The third kappa shape index (κ3) is 5.02. The summed E-state index contributed by atoms with van der Waals surface area (Å²) in [6.07, 6.45) is 0. The summed E-state index contributed by atoms with van der Waals surface area (Å²) in [7, 11) is -7.80. The molecule has 0 saturated carbocycles. The van der Waals surface area contributed by atoms with E-state index in [1.54, 1.807) is 0 Å². The van der Waals surface area contributed by atoms with Gasteiger partial charge in [0, 0.05) is 11.1 Å². The van der Waals surface area contributed by atoms with Gasteiger partial charge in [0.15, 0.2) is 9.84 Å². The van der Waals surface area contributed by atoms with Crippen molar-refractivity contribution in [3.05, 3.63) is 93.8 Å². The first-order chi connectivity index (χ1) is 18.4. The lowest BCUT2D eigenvalue weighted by Gasteiger charge is -2.20. The van der Waals surface area contributed by atoms with Crippen molar-refractivity contribution < 1.29 is 30.7 Å². The van der Waals surface area contributed by atoms with E-state index in [-0.39, 0.29) is 45.2 Å². The Labute approximate surface area is 222 Å². The maximum Gasteiger partial charge on any atom is 0.264 e. The molecule has 0 aliphatic carbocycles. The van der Waals surface area contributed by atoms with Gasteiger partial charge >= 0.3 is 0 Å². The number of nitrogens with one attached hydrogen (secondary N) is 1. The average molecular weight is 574 g/mol. The van der Waals surface area contributed by atoms with E-state index in [1.807, 2.05) is 0 Å². The molecule has 3 aromatic carbocycles. The fourth-order valence-corrected chi connectivity index (χ4v) is 6.43. The monoisotopic (exact) mass is 573 g/mol. The maximum absolute atomic E-state index is 14.2. The van der Waals surface area contributed by atoms with Crippen molar-refractivity contribution >= 4 is 47.8 Å². The van der Waals surface area contributed by atoms with E-state index in [4.69, 9.17) is 0 Å². The quantitative estimate of drug-likeness (QED) is 0.361. The molecule has 0 radical (unpaired) electrons. The molecule has 2 N–H and O–H groups in total. The van der Waals surface area contributed by atoms with Gasteiger partial charge in [-0.15, -0.1) is 0 Å². The second-order valence-corrected chi connectivity index (χ2v) is 12.9. The lowest BCUT2D eigenvalue weighted by molar-refractivity contribution is 0.477. The van der Waals surface area contributed by atoms with E-state index < -0.39 is 54.1 Å². The van der Waals surface area contributed by atoms with Crippen LogP contribution in [0.5, 0.6) is 5.75 Å². The normalized spacial score (nSPS) is 14.6. The molecular formula is C26H21F2N3O6S2. The molecule has 1 aliphatic heterocycles. The van der Waals surface area contributed by atoms with Crippen molar-refractivity contribution in [2.45, 2.75) is 18.4 Å². The number of anilines is 1. The molecule has 39 heavy (non-hydrogen) atoms. The van der Waals surface area contributed by atoms with E-state index in [2.05, 4.69) is 9.71 Å². The third-order valence-corrected chi connectivity index (χ3v) is 9.23. The smallest absolute Gasteiger partial charge is 0.264 e. The first kappa shape index (κ1) is 26.5. The SMILES string of the molecule is CCS(=O)(=O)Nc1ccc2c(c1)S(=O)(=O)CC(c1c(O)c3cc(F)ccc3n(Cc3ccc(F)cc3)c1=O)=N2. The topological polar surface area (TPSA) is 135 Å². The van der Waals surface area contributed by atoms with Crippen molar-refractivity contribution in [1.82, 2.24) is 4.57 Å². The largest absolute Gasteiger partial charge is 0.506 e. The number of aliphatic imine (C=N–C) groups is 1. The van der Waals surface area contributed by atoms with Crippen molar-refractivity contribution in [2.24, 2.45) is 4.99 Å². The minimum Gasteiger partial charge on any atom is -0.506 e. The zero-order valence-corrected chi connectivity index (χ0v) is 22.0. The molecule has 1 aliphatic rings. The highest BCUT2D eigenvalue weighted by molar-refractivity contribution is 7.93. The number of sulfone groups is 1. The Kier molecular flexibility index (Phi) is 6.51. The fraction of sp³-hybridized carbons (Fsp3) is 0.154. The predicted molar refractivity (Wildman–Crippen MR) is 143 cm³/mol. The summed E-state index contributed by atoms with van der Waals surface area (Å²) >= 11 is 0. The van der Waals surface area contributed by atoms with Gasteiger partial charge in [-0.2, -0.15) is 0 Å². The van der Waals surface area contributed by atoms with E-state index in [9.17, 15) is 35.5 Å². The van der Waals surface area contributed by atoms with Crippen LogP contribution in [0.25, 0.3) is 10.9 Å². The van der Waals surface area contributed by atoms with Crippen LogP contribution in [0.15, 0.2) is 75.3 Å². The molecule has 202 valence electrons. The molecule has 4 aromatic rings. The Bertz CT molecular complexity index is 1950. The molecular weight excluding hydrogens is 552 g/mol. The molecule has 0 atom stereocenters. The van der Waals surface area contributed by atoms with Crippen molar-refractivity contribution in [3.8, 4) is 5.75 Å². The molecule has 0 saturated heterocycles. The van der Waals surface area contributed by atoms with Crippen LogP contribution in [0.3, 0.4) is 0 Å². The van der Waals surface area contributed by atoms with Crippen LogP contribution in [0.1, 0.15) is 18.1 Å². The Morgan fingerprint density at radius 1 is 1.03 bits per heavy atom. The number of hydrogen-bond donors (Lipinski definition) is 2. The van der Waals surface area contributed by atoms with Gasteiger partial charge in [-0.25, -0.2) is 25.6 Å². The zero-order valence-electron chi connectivity index (χ0n) is 20.4. The van der Waals surface area contributed by atoms with Gasteiger partial charge < -0.3 is 9.67 Å². The Balaban J connectivity index is 1.70. The number of sulfonamides is 1. The summed E-state index contributed by atoms with van der Waals surface area (Å²) in [5, 5.41) is 11.0. The second-order valence-electron chi connectivity index (χ2n) is 8.91. The molecule has 0 unspecified atom stereocenters. The molecule has 13 heteroatoms. The van der Waals surface area contributed by atoms with Gasteiger partial charge in [0.1, 0.15) is 22.9 Å². The van der Waals surface area contributed by atoms with Crippen LogP contribution >= 0.6 is 0 Å². The summed E-state index contributed by atoms with van der Waals surface area (Å²) < 4.78 is 81.5. The minimum absolute atomic E-state index is 0.0310. The summed E-state index contributed by atoms with van der Waals surface area (Å²) in [6.45, 7) is 1.35. The Morgan fingerprint density at radius 2 is 1.72 bits per heavy atom. The van der Waals surface area contributed by atoms with Crippen LogP contribution in [0, 0.1) is 11.6 Å². The van der Waals surface area contributed by atoms with Crippen molar-refractivity contribution in [3.63, 3.8) is 0 Å². The van der Waals surface area contributed by atoms with E-state index >= 15 is 0 Å². The zero-order chi connectivity index (χ0) is 28.1. The molecule has 5 rings (SSSR count). The summed E-state index contributed by atoms with van der Waals surface area (Å²) in [5.41, 5.74) is -0.764. The lowest BCUT2D eigenvalue weighted by Crippen LogP contribution is -2.32. The van der Waals surface area contributed by atoms with Crippen LogP contribution in [-0.4, -0.2) is 43.7 Å². The molecule has 1 aromatic heterocycles. The average Bonchev–Trinajstić information content (AvgIpc) is 2.88. The first-order valence-electron chi connectivity index (χ1n) is 11.6.